The van der Waals surface area contributed by atoms with Gasteiger partial charge < -0.3 is 33.5 Å². The summed E-state index contributed by atoms with van der Waals surface area (Å²) < 4.78 is 30.3. The van der Waals surface area contributed by atoms with Gasteiger partial charge in [0.05, 0.1) is 0 Å². The van der Waals surface area contributed by atoms with E-state index in [4.69, 9.17) is 28.4 Å². The first-order chi connectivity index (χ1) is 13.9. The Morgan fingerprint density at radius 1 is 0.667 bits per heavy atom. The molecular weight excluding hydrogens is 408 g/mol. The van der Waals surface area contributed by atoms with Crippen molar-refractivity contribution in [2.45, 2.75) is 72.2 Å². The number of rotatable bonds is 12. The van der Waals surface area contributed by atoms with Gasteiger partial charge in [-0.1, -0.05) is 0 Å². The van der Waals surface area contributed by atoms with E-state index in [1.807, 2.05) is 0 Å². The van der Waals surface area contributed by atoms with Gasteiger partial charge in [-0.15, -0.1) is 0 Å². The van der Waals surface area contributed by atoms with Crippen molar-refractivity contribution in [3.63, 3.8) is 0 Å². The molecule has 0 aromatic rings. The maximum atomic E-state index is 11.7. The number of hydrogen-bond acceptors (Lipinski definition) is 12. The van der Waals surface area contributed by atoms with Crippen molar-refractivity contribution in [2.75, 3.05) is 13.2 Å². The quantitative estimate of drug-likeness (QED) is 0.240. The Kier molecular flexibility index (Phi) is 12.3. The van der Waals surface area contributed by atoms with Gasteiger partial charge in [-0.2, -0.15) is 0 Å². The Morgan fingerprint density at radius 3 is 1.50 bits per heavy atom. The highest BCUT2D eigenvalue weighted by atomic mass is 16.7. The summed E-state index contributed by atoms with van der Waals surface area (Å²) in [5.41, 5.74) is 0. The molecule has 0 aromatic carbocycles. The highest BCUT2D eigenvalue weighted by Crippen LogP contribution is 2.22. The maximum absolute atomic E-state index is 11.7. The van der Waals surface area contributed by atoms with Crippen molar-refractivity contribution < 1.29 is 57.5 Å². The van der Waals surface area contributed by atoms with Gasteiger partial charge in [-0.05, 0) is 6.92 Å². The zero-order valence-corrected chi connectivity index (χ0v) is 17.7. The lowest BCUT2D eigenvalue weighted by Gasteiger charge is -2.36. The number of hydrogen-bond donors (Lipinski definition) is 1. The van der Waals surface area contributed by atoms with Crippen molar-refractivity contribution in [1.29, 1.82) is 0 Å². The summed E-state index contributed by atoms with van der Waals surface area (Å²) >= 11 is 0. The van der Waals surface area contributed by atoms with Crippen LogP contribution < -0.4 is 0 Å². The monoisotopic (exact) mass is 436 g/mol. The van der Waals surface area contributed by atoms with Crippen LogP contribution in [0.1, 0.15) is 41.5 Å². The highest BCUT2D eigenvalue weighted by molar-refractivity contribution is 5.69. The predicted octanol–water partition coefficient (Wildman–Crippen LogP) is -0.369. The Morgan fingerprint density at radius 2 is 1.10 bits per heavy atom. The number of esters is 5. The molecule has 12 heteroatoms. The minimum absolute atomic E-state index is 0.00915. The van der Waals surface area contributed by atoms with Gasteiger partial charge in [-0.3, -0.25) is 24.0 Å². The molecule has 0 aromatic heterocycles. The molecule has 0 saturated carbocycles. The zero-order chi connectivity index (χ0) is 23.4. The van der Waals surface area contributed by atoms with Gasteiger partial charge in [0, 0.05) is 41.2 Å². The lowest BCUT2D eigenvalue weighted by Crippen LogP contribution is -2.56. The van der Waals surface area contributed by atoms with Crippen LogP contribution in [0.2, 0.25) is 0 Å². The summed E-state index contributed by atoms with van der Waals surface area (Å²) in [7, 11) is 0. The lowest BCUT2D eigenvalue weighted by atomic mass is 10.0. The molecule has 0 saturated heterocycles. The summed E-state index contributed by atoms with van der Waals surface area (Å²) in [5.74, 6) is -4.22. The molecule has 0 fully saturated rings. The second-order valence-corrected chi connectivity index (χ2v) is 6.02. The van der Waals surface area contributed by atoms with Crippen LogP contribution in [0.5, 0.6) is 0 Å². The average molecular weight is 436 g/mol. The summed E-state index contributed by atoms with van der Waals surface area (Å²) in [6.45, 7) is 6.16. The number of aliphatic hydroxyl groups excluding tert-OH is 1. The smallest absolute Gasteiger partial charge is 0.303 e. The van der Waals surface area contributed by atoms with E-state index in [1.165, 1.54) is 0 Å². The zero-order valence-electron chi connectivity index (χ0n) is 17.7. The molecule has 1 N–H and O–H groups in total. The van der Waals surface area contributed by atoms with Gasteiger partial charge in [0.15, 0.2) is 30.7 Å². The van der Waals surface area contributed by atoms with E-state index in [1.54, 1.807) is 6.92 Å². The Balaban J connectivity index is 6.30. The molecule has 0 aliphatic rings. The Labute approximate surface area is 173 Å². The fourth-order valence-electron chi connectivity index (χ4n) is 2.41. The van der Waals surface area contributed by atoms with Crippen molar-refractivity contribution in [3.8, 4) is 0 Å². The van der Waals surface area contributed by atoms with Gasteiger partial charge in [-0.25, -0.2) is 0 Å². The highest BCUT2D eigenvalue weighted by Gasteiger charge is 2.46. The molecule has 12 nitrogen and oxygen atoms in total. The molecule has 0 radical (unpaired) electrons. The third-order valence-corrected chi connectivity index (χ3v) is 3.31. The van der Waals surface area contributed by atoms with Gasteiger partial charge >= 0.3 is 29.8 Å². The Bertz CT molecular complexity index is 616. The normalized spacial score (nSPS) is 15.6. The van der Waals surface area contributed by atoms with Gasteiger partial charge in [0.1, 0.15) is 6.61 Å². The van der Waals surface area contributed by atoms with Crippen LogP contribution in [0.15, 0.2) is 0 Å². The Hall–Kier alpha value is -2.73. The van der Waals surface area contributed by atoms with Crippen LogP contribution in [0, 0.1) is 0 Å². The van der Waals surface area contributed by atoms with Crippen LogP contribution in [0.3, 0.4) is 0 Å². The summed E-state index contributed by atoms with van der Waals surface area (Å²) in [4.78, 5) is 57.7. The lowest BCUT2D eigenvalue weighted by molar-refractivity contribution is -0.237. The maximum Gasteiger partial charge on any atom is 0.303 e. The summed E-state index contributed by atoms with van der Waals surface area (Å²) in [5, 5.41) is 10.3. The van der Waals surface area contributed by atoms with Crippen LogP contribution in [-0.2, 0) is 52.4 Å². The van der Waals surface area contributed by atoms with E-state index >= 15 is 0 Å². The van der Waals surface area contributed by atoms with Crippen molar-refractivity contribution in [2.24, 2.45) is 0 Å². The molecule has 0 bridgehead atoms. The van der Waals surface area contributed by atoms with E-state index in [9.17, 15) is 29.1 Å². The fraction of sp³-hybridized carbons (Fsp3) is 0.722. The van der Waals surface area contributed by atoms with E-state index in [2.05, 4.69) is 0 Å². The molecule has 172 valence electrons. The largest absolute Gasteiger partial charge is 0.462 e. The second-order valence-electron chi connectivity index (χ2n) is 6.02. The number of carbonyl (C=O) groups is 5. The number of carbonyl (C=O) groups excluding carboxylic acids is 5. The summed E-state index contributed by atoms with van der Waals surface area (Å²) in [6, 6.07) is 0. The van der Waals surface area contributed by atoms with Gasteiger partial charge in [0.25, 0.3) is 0 Å². The van der Waals surface area contributed by atoms with Crippen molar-refractivity contribution in [3.05, 3.63) is 0 Å². The van der Waals surface area contributed by atoms with E-state index in [0.717, 1.165) is 34.6 Å². The minimum Gasteiger partial charge on any atom is -0.462 e. The molecule has 0 heterocycles. The molecule has 0 aliphatic heterocycles. The second kappa shape index (κ2) is 13.5. The van der Waals surface area contributed by atoms with Crippen LogP contribution >= 0.6 is 0 Å². The van der Waals surface area contributed by atoms with E-state index in [-0.39, 0.29) is 6.61 Å². The molecule has 0 rings (SSSR count). The standard InChI is InChI=1S/C18H28O12/c1-7-25-18(24)17(30-13(6)23)16(29-12(5)22)15(28-11(4)21)14(27-10(3)20)8-26-9(2)19/h14-18,24H,7-8H2,1-6H3/t14-,15+,16+,17-,18?/m1/s1. The third kappa shape index (κ3) is 10.7. The molecule has 0 spiro atoms. The SMILES string of the molecule is CCOC(O)[C@H](OC(C)=O)[C@@H](OC(C)=O)[C@@H](OC(C)=O)[C@@H](COC(C)=O)OC(C)=O. The summed E-state index contributed by atoms with van der Waals surface area (Å²) in [6.07, 6.45) is -8.25. The molecule has 30 heavy (non-hydrogen) atoms. The van der Waals surface area contributed by atoms with Crippen LogP contribution in [0.25, 0.3) is 0 Å². The van der Waals surface area contributed by atoms with Crippen LogP contribution in [0.4, 0.5) is 0 Å². The number of aliphatic hydroxyl groups is 1. The minimum atomic E-state index is -1.80. The average Bonchev–Trinajstić information content (AvgIpc) is 2.59. The first-order valence-corrected chi connectivity index (χ1v) is 9.00. The molecule has 0 amide bonds. The first-order valence-electron chi connectivity index (χ1n) is 9.00. The van der Waals surface area contributed by atoms with E-state index < -0.39 is 67.2 Å². The van der Waals surface area contributed by atoms with E-state index in [0.29, 0.717) is 0 Å². The fourth-order valence-corrected chi connectivity index (χ4v) is 2.41. The van der Waals surface area contributed by atoms with Crippen molar-refractivity contribution >= 4 is 29.8 Å². The first kappa shape index (κ1) is 27.3. The third-order valence-electron chi connectivity index (χ3n) is 3.31. The molecule has 0 aliphatic carbocycles. The van der Waals surface area contributed by atoms with Crippen molar-refractivity contribution in [1.82, 2.24) is 0 Å². The number of ether oxygens (including phenoxy) is 6. The molecule has 1 unspecified atom stereocenters. The topological polar surface area (TPSA) is 161 Å². The van der Waals surface area contributed by atoms with Gasteiger partial charge in [0.2, 0.25) is 0 Å². The molecular formula is C18H28O12. The van der Waals surface area contributed by atoms with Crippen LogP contribution in [-0.4, -0.2) is 78.9 Å². The predicted molar refractivity (Wildman–Crippen MR) is 96.5 cm³/mol. The molecule has 5 atom stereocenters.